The summed E-state index contributed by atoms with van der Waals surface area (Å²) in [5.74, 6) is 1.25. The maximum absolute atomic E-state index is 5.97. The average molecular weight is 277 g/mol. The summed E-state index contributed by atoms with van der Waals surface area (Å²) in [6.07, 6.45) is 2.50. The Kier molecular flexibility index (Phi) is 6.63. The molecular weight excluding hydrogens is 259 g/mol. The average Bonchev–Trinajstić information content (AvgIpc) is 2.25. The van der Waals surface area contributed by atoms with Crippen LogP contribution in [0, 0.1) is 5.92 Å². The van der Waals surface area contributed by atoms with Crippen molar-refractivity contribution in [3.05, 3.63) is 22.3 Å². The van der Waals surface area contributed by atoms with Crippen LogP contribution in [0.2, 0.25) is 10.0 Å². The van der Waals surface area contributed by atoms with Crippen LogP contribution in [0.25, 0.3) is 0 Å². The highest BCUT2D eigenvalue weighted by atomic mass is 35.5. The van der Waals surface area contributed by atoms with Gasteiger partial charge in [0.25, 0.3) is 0 Å². The Morgan fingerprint density at radius 2 is 2.18 bits per heavy atom. The number of pyridine rings is 1. The van der Waals surface area contributed by atoms with Gasteiger partial charge in [0.1, 0.15) is 5.82 Å². The van der Waals surface area contributed by atoms with Crippen LogP contribution in [0.3, 0.4) is 0 Å². The van der Waals surface area contributed by atoms with Crippen LogP contribution >= 0.6 is 23.2 Å². The van der Waals surface area contributed by atoms with E-state index in [0.717, 1.165) is 26.2 Å². The summed E-state index contributed by atoms with van der Waals surface area (Å²) in [5.41, 5.74) is 0. The second-order valence-corrected chi connectivity index (χ2v) is 5.08. The first-order chi connectivity index (χ1) is 8.09. The zero-order valence-corrected chi connectivity index (χ0v) is 11.7. The SMILES string of the molecule is CC(C)COCCCNc1ncc(Cl)cc1Cl. The van der Waals surface area contributed by atoms with Crippen LogP contribution in [0.1, 0.15) is 20.3 Å². The molecule has 5 heteroatoms. The Morgan fingerprint density at radius 3 is 2.82 bits per heavy atom. The smallest absolute Gasteiger partial charge is 0.144 e. The fourth-order valence-electron chi connectivity index (χ4n) is 1.24. The van der Waals surface area contributed by atoms with Crippen LogP contribution in [-0.2, 0) is 4.74 Å². The van der Waals surface area contributed by atoms with Crippen molar-refractivity contribution < 1.29 is 4.74 Å². The van der Waals surface area contributed by atoms with E-state index in [1.807, 2.05) is 0 Å². The van der Waals surface area contributed by atoms with Gasteiger partial charge in [0, 0.05) is 26.0 Å². The Morgan fingerprint density at radius 1 is 1.41 bits per heavy atom. The lowest BCUT2D eigenvalue weighted by atomic mass is 10.2. The number of halogens is 2. The van der Waals surface area contributed by atoms with Gasteiger partial charge in [-0.1, -0.05) is 37.0 Å². The van der Waals surface area contributed by atoms with Gasteiger partial charge in [-0.15, -0.1) is 0 Å². The summed E-state index contributed by atoms with van der Waals surface area (Å²) >= 11 is 11.7. The first-order valence-electron chi connectivity index (χ1n) is 5.72. The molecule has 1 rings (SSSR count). The molecule has 0 amide bonds. The summed E-state index contributed by atoms with van der Waals surface area (Å²) in [7, 11) is 0. The molecule has 0 saturated carbocycles. The number of nitrogens with zero attached hydrogens (tertiary/aromatic N) is 1. The molecule has 0 aliphatic carbocycles. The number of anilines is 1. The van der Waals surface area contributed by atoms with Gasteiger partial charge >= 0.3 is 0 Å². The van der Waals surface area contributed by atoms with Crippen molar-refractivity contribution in [2.45, 2.75) is 20.3 Å². The Bertz CT molecular complexity index is 345. The highest BCUT2D eigenvalue weighted by Gasteiger charge is 2.01. The van der Waals surface area contributed by atoms with Gasteiger partial charge in [0.2, 0.25) is 0 Å². The molecule has 0 aliphatic heterocycles. The number of nitrogens with one attached hydrogen (secondary N) is 1. The molecule has 0 fully saturated rings. The largest absolute Gasteiger partial charge is 0.381 e. The third-order valence-electron chi connectivity index (χ3n) is 2.02. The Hall–Kier alpha value is -0.510. The molecule has 0 spiro atoms. The van der Waals surface area contributed by atoms with E-state index >= 15 is 0 Å². The van der Waals surface area contributed by atoms with E-state index < -0.39 is 0 Å². The molecule has 0 bridgehead atoms. The number of hydrogen-bond acceptors (Lipinski definition) is 3. The molecule has 0 atom stereocenters. The molecule has 1 aromatic rings. The van der Waals surface area contributed by atoms with E-state index in [2.05, 4.69) is 24.1 Å². The van der Waals surface area contributed by atoms with Crippen molar-refractivity contribution in [1.29, 1.82) is 0 Å². The Balaban J connectivity index is 2.18. The predicted molar refractivity (Wildman–Crippen MR) is 73.0 cm³/mol. The molecule has 1 heterocycles. The van der Waals surface area contributed by atoms with Crippen LogP contribution in [0.15, 0.2) is 12.3 Å². The molecule has 0 radical (unpaired) electrons. The quantitative estimate of drug-likeness (QED) is 0.768. The van der Waals surface area contributed by atoms with Gasteiger partial charge in [0.15, 0.2) is 0 Å². The van der Waals surface area contributed by atoms with E-state index in [-0.39, 0.29) is 0 Å². The van der Waals surface area contributed by atoms with Crippen LogP contribution in [-0.4, -0.2) is 24.7 Å². The first-order valence-corrected chi connectivity index (χ1v) is 6.48. The van der Waals surface area contributed by atoms with Crippen molar-refractivity contribution in [3.8, 4) is 0 Å². The molecule has 3 nitrogen and oxygen atoms in total. The molecule has 17 heavy (non-hydrogen) atoms. The van der Waals surface area contributed by atoms with E-state index in [1.165, 1.54) is 0 Å². The topological polar surface area (TPSA) is 34.1 Å². The lowest BCUT2D eigenvalue weighted by Gasteiger charge is -2.09. The maximum Gasteiger partial charge on any atom is 0.144 e. The monoisotopic (exact) mass is 276 g/mol. The molecule has 1 N–H and O–H groups in total. The molecular formula is C12H18Cl2N2O. The number of hydrogen-bond donors (Lipinski definition) is 1. The fourth-order valence-corrected chi connectivity index (χ4v) is 1.69. The van der Waals surface area contributed by atoms with Crippen LogP contribution in [0.4, 0.5) is 5.82 Å². The summed E-state index contributed by atoms with van der Waals surface area (Å²) in [6.45, 7) is 6.61. The van der Waals surface area contributed by atoms with Crippen molar-refractivity contribution in [3.63, 3.8) is 0 Å². The van der Waals surface area contributed by atoms with E-state index in [4.69, 9.17) is 27.9 Å². The molecule has 0 unspecified atom stereocenters. The van der Waals surface area contributed by atoms with E-state index in [9.17, 15) is 0 Å². The van der Waals surface area contributed by atoms with Crippen LogP contribution < -0.4 is 5.32 Å². The number of ether oxygens (including phenoxy) is 1. The number of rotatable bonds is 7. The van der Waals surface area contributed by atoms with Gasteiger partial charge < -0.3 is 10.1 Å². The van der Waals surface area contributed by atoms with Crippen molar-refractivity contribution >= 4 is 29.0 Å². The van der Waals surface area contributed by atoms with Gasteiger partial charge in [-0.05, 0) is 18.4 Å². The van der Waals surface area contributed by atoms with Crippen molar-refractivity contribution in [1.82, 2.24) is 4.98 Å². The molecule has 0 aliphatic rings. The highest BCUT2D eigenvalue weighted by Crippen LogP contribution is 2.22. The highest BCUT2D eigenvalue weighted by molar-refractivity contribution is 6.35. The summed E-state index contributed by atoms with van der Waals surface area (Å²) in [6, 6.07) is 1.67. The van der Waals surface area contributed by atoms with Gasteiger partial charge in [0.05, 0.1) is 10.0 Å². The van der Waals surface area contributed by atoms with Gasteiger partial charge in [-0.2, -0.15) is 0 Å². The third kappa shape index (κ3) is 6.10. The zero-order chi connectivity index (χ0) is 12.7. The minimum atomic E-state index is 0.542. The molecule has 0 aromatic carbocycles. The normalized spacial score (nSPS) is 10.9. The van der Waals surface area contributed by atoms with Gasteiger partial charge in [-0.3, -0.25) is 0 Å². The maximum atomic E-state index is 5.97. The molecule has 0 saturated heterocycles. The summed E-state index contributed by atoms with van der Waals surface area (Å²) in [4.78, 5) is 4.11. The zero-order valence-electron chi connectivity index (χ0n) is 10.2. The minimum absolute atomic E-state index is 0.542. The van der Waals surface area contributed by atoms with E-state index in [1.54, 1.807) is 12.3 Å². The summed E-state index contributed by atoms with van der Waals surface area (Å²) in [5, 5.41) is 4.23. The predicted octanol–water partition coefficient (Wildman–Crippen LogP) is 3.86. The van der Waals surface area contributed by atoms with Crippen LogP contribution in [0.5, 0.6) is 0 Å². The van der Waals surface area contributed by atoms with E-state index in [0.29, 0.717) is 21.8 Å². The second-order valence-electron chi connectivity index (χ2n) is 4.23. The third-order valence-corrected chi connectivity index (χ3v) is 2.51. The van der Waals surface area contributed by atoms with Crippen molar-refractivity contribution in [2.75, 3.05) is 25.1 Å². The lowest BCUT2D eigenvalue weighted by molar-refractivity contribution is 0.110. The Labute approximate surface area is 112 Å². The van der Waals surface area contributed by atoms with Gasteiger partial charge in [-0.25, -0.2) is 4.98 Å². The van der Waals surface area contributed by atoms with Crippen molar-refractivity contribution in [2.24, 2.45) is 5.92 Å². The number of aromatic nitrogens is 1. The molecule has 96 valence electrons. The summed E-state index contributed by atoms with van der Waals surface area (Å²) < 4.78 is 5.47. The fraction of sp³-hybridized carbons (Fsp3) is 0.583. The molecule has 1 aromatic heterocycles. The lowest BCUT2D eigenvalue weighted by Crippen LogP contribution is -2.09. The second kappa shape index (κ2) is 7.75. The minimum Gasteiger partial charge on any atom is -0.381 e. The standard InChI is InChI=1S/C12H18Cl2N2O/c1-9(2)8-17-5-3-4-15-12-11(14)6-10(13)7-16-12/h6-7,9H,3-5,8H2,1-2H3,(H,15,16). The first kappa shape index (κ1) is 14.6.